The lowest BCUT2D eigenvalue weighted by Gasteiger charge is -2.15. The molecule has 1 heterocycles. The third-order valence-electron chi connectivity index (χ3n) is 2.26. The standard InChI is InChI=1S/C13H21N3O.HI/c1-5-9-15-13(14-6-2)16-11(4)12-8-7-10(3)17-12;/h5,7-8,11H,1,6,9H2,2-4H3,(H2,14,15,16);1H. The van der Waals surface area contributed by atoms with Gasteiger partial charge < -0.3 is 15.1 Å². The molecule has 1 aromatic rings. The Kier molecular flexibility index (Phi) is 8.53. The number of nitrogens with one attached hydrogen (secondary N) is 2. The van der Waals surface area contributed by atoms with Crippen LogP contribution in [0.15, 0.2) is 34.2 Å². The zero-order valence-corrected chi connectivity index (χ0v) is 13.5. The number of hydrogen-bond acceptors (Lipinski definition) is 2. The molecule has 1 unspecified atom stereocenters. The van der Waals surface area contributed by atoms with Gasteiger partial charge in [-0.15, -0.1) is 30.6 Å². The van der Waals surface area contributed by atoms with Crippen molar-refractivity contribution < 1.29 is 4.42 Å². The summed E-state index contributed by atoms with van der Waals surface area (Å²) in [5, 5.41) is 6.45. The van der Waals surface area contributed by atoms with Gasteiger partial charge in [-0.05, 0) is 32.9 Å². The zero-order valence-electron chi connectivity index (χ0n) is 11.2. The minimum Gasteiger partial charge on any atom is -0.464 e. The van der Waals surface area contributed by atoms with Gasteiger partial charge in [-0.3, -0.25) is 0 Å². The highest BCUT2D eigenvalue weighted by molar-refractivity contribution is 14.0. The van der Waals surface area contributed by atoms with E-state index in [1.807, 2.05) is 32.9 Å². The Morgan fingerprint density at radius 2 is 2.28 bits per heavy atom. The monoisotopic (exact) mass is 363 g/mol. The van der Waals surface area contributed by atoms with E-state index >= 15 is 0 Å². The molecule has 0 amide bonds. The molecule has 0 aromatic carbocycles. The largest absolute Gasteiger partial charge is 0.464 e. The molecule has 0 aliphatic carbocycles. The summed E-state index contributed by atoms with van der Waals surface area (Å²) in [6, 6.07) is 4.03. The number of rotatable bonds is 5. The predicted molar refractivity (Wildman–Crippen MR) is 86.6 cm³/mol. The molecular formula is C13H22IN3O. The van der Waals surface area contributed by atoms with E-state index in [1.165, 1.54) is 0 Å². The van der Waals surface area contributed by atoms with Crippen LogP contribution in [0.2, 0.25) is 0 Å². The van der Waals surface area contributed by atoms with E-state index in [4.69, 9.17) is 4.42 Å². The summed E-state index contributed by atoms with van der Waals surface area (Å²) >= 11 is 0. The second-order valence-electron chi connectivity index (χ2n) is 3.82. The van der Waals surface area contributed by atoms with Gasteiger partial charge in [-0.2, -0.15) is 0 Å². The molecule has 1 rings (SSSR count). The summed E-state index contributed by atoms with van der Waals surface area (Å²) in [6.07, 6.45) is 1.76. The minimum absolute atomic E-state index is 0. The smallest absolute Gasteiger partial charge is 0.192 e. The summed E-state index contributed by atoms with van der Waals surface area (Å²) in [6.45, 7) is 11.1. The van der Waals surface area contributed by atoms with E-state index in [-0.39, 0.29) is 30.0 Å². The molecule has 18 heavy (non-hydrogen) atoms. The molecule has 0 radical (unpaired) electrons. The van der Waals surface area contributed by atoms with E-state index < -0.39 is 0 Å². The molecule has 0 aliphatic heterocycles. The number of guanidine groups is 1. The van der Waals surface area contributed by atoms with Crippen molar-refractivity contribution in [1.82, 2.24) is 10.6 Å². The number of aryl methyl sites for hydroxylation is 1. The fourth-order valence-corrected chi connectivity index (χ4v) is 1.44. The average molecular weight is 363 g/mol. The lowest BCUT2D eigenvalue weighted by molar-refractivity contribution is 0.441. The van der Waals surface area contributed by atoms with Crippen LogP contribution in [-0.2, 0) is 0 Å². The summed E-state index contributed by atoms with van der Waals surface area (Å²) in [4.78, 5) is 4.34. The van der Waals surface area contributed by atoms with Crippen LogP contribution >= 0.6 is 24.0 Å². The highest BCUT2D eigenvalue weighted by Crippen LogP contribution is 2.15. The van der Waals surface area contributed by atoms with Crippen molar-refractivity contribution >= 4 is 29.9 Å². The van der Waals surface area contributed by atoms with Crippen LogP contribution in [0.25, 0.3) is 0 Å². The lowest BCUT2D eigenvalue weighted by Crippen LogP contribution is -2.38. The van der Waals surface area contributed by atoms with Crippen LogP contribution in [0.5, 0.6) is 0 Å². The van der Waals surface area contributed by atoms with Gasteiger partial charge in [0, 0.05) is 6.54 Å². The van der Waals surface area contributed by atoms with Crippen molar-refractivity contribution in [2.24, 2.45) is 4.99 Å². The molecule has 2 N–H and O–H groups in total. The topological polar surface area (TPSA) is 49.6 Å². The Labute approximate surface area is 126 Å². The Morgan fingerprint density at radius 1 is 1.56 bits per heavy atom. The van der Waals surface area contributed by atoms with E-state index in [0.717, 1.165) is 24.0 Å². The first-order chi connectivity index (χ1) is 8.17. The number of aliphatic imine (C=N–C) groups is 1. The molecule has 1 atom stereocenters. The summed E-state index contributed by atoms with van der Waals surface area (Å²) in [5.41, 5.74) is 0. The maximum absolute atomic E-state index is 5.56. The SMILES string of the molecule is C=CCN=C(NCC)NC(C)c1ccc(C)o1.I. The second-order valence-corrected chi connectivity index (χ2v) is 3.82. The third kappa shape index (κ3) is 5.57. The molecule has 0 saturated heterocycles. The highest BCUT2D eigenvalue weighted by atomic mass is 127. The van der Waals surface area contributed by atoms with Gasteiger partial charge in [-0.25, -0.2) is 4.99 Å². The fraction of sp³-hybridized carbons (Fsp3) is 0.462. The van der Waals surface area contributed by atoms with Gasteiger partial charge in [0.1, 0.15) is 11.5 Å². The van der Waals surface area contributed by atoms with Crippen molar-refractivity contribution in [3.63, 3.8) is 0 Å². The highest BCUT2D eigenvalue weighted by Gasteiger charge is 2.10. The zero-order chi connectivity index (χ0) is 12.7. The predicted octanol–water partition coefficient (Wildman–Crippen LogP) is 3.01. The van der Waals surface area contributed by atoms with Crippen LogP contribution in [0.4, 0.5) is 0 Å². The van der Waals surface area contributed by atoms with E-state index in [9.17, 15) is 0 Å². The van der Waals surface area contributed by atoms with Crippen molar-refractivity contribution in [3.8, 4) is 0 Å². The number of halogens is 1. The summed E-state index contributed by atoms with van der Waals surface area (Å²) in [5.74, 6) is 2.60. The third-order valence-corrected chi connectivity index (χ3v) is 2.26. The first-order valence-electron chi connectivity index (χ1n) is 5.89. The van der Waals surface area contributed by atoms with E-state index in [2.05, 4.69) is 22.2 Å². The van der Waals surface area contributed by atoms with Gasteiger partial charge in [-0.1, -0.05) is 6.08 Å². The molecule has 0 spiro atoms. The van der Waals surface area contributed by atoms with Crippen LogP contribution in [0.1, 0.15) is 31.4 Å². The van der Waals surface area contributed by atoms with Crippen LogP contribution in [-0.4, -0.2) is 19.0 Å². The Balaban J connectivity index is 0.00000289. The first-order valence-corrected chi connectivity index (χ1v) is 5.89. The van der Waals surface area contributed by atoms with Crippen LogP contribution in [0, 0.1) is 6.92 Å². The number of hydrogen-bond donors (Lipinski definition) is 2. The van der Waals surface area contributed by atoms with Gasteiger partial charge >= 0.3 is 0 Å². The summed E-state index contributed by atoms with van der Waals surface area (Å²) in [7, 11) is 0. The van der Waals surface area contributed by atoms with E-state index in [0.29, 0.717) is 6.54 Å². The van der Waals surface area contributed by atoms with Gasteiger partial charge in [0.25, 0.3) is 0 Å². The van der Waals surface area contributed by atoms with Crippen LogP contribution in [0.3, 0.4) is 0 Å². The Morgan fingerprint density at radius 3 is 2.78 bits per heavy atom. The molecule has 0 aliphatic rings. The van der Waals surface area contributed by atoms with Crippen molar-refractivity contribution in [3.05, 3.63) is 36.3 Å². The maximum Gasteiger partial charge on any atom is 0.192 e. The van der Waals surface area contributed by atoms with E-state index in [1.54, 1.807) is 6.08 Å². The van der Waals surface area contributed by atoms with Crippen molar-refractivity contribution in [2.75, 3.05) is 13.1 Å². The maximum atomic E-state index is 5.56. The van der Waals surface area contributed by atoms with Gasteiger partial charge in [0.15, 0.2) is 5.96 Å². The van der Waals surface area contributed by atoms with Crippen molar-refractivity contribution in [1.29, 1.82) is 0 Å². The molecule has 5 heteroatoms. The Hall–Kier alpha value is -0.980. The summed E-state index contributed by atoms with van der Waals surface area (Å²) < 4.78 is 5.56. The molecule has 0 bridgehead atoms. The molecule has 0 fully saturated rings. The van der Waals surface area contributed by atoms with Crippen molar-refractivity contribution in [2.45, 2.75) is 26.8 Å². The average Bonchev–Trinajstić information content (AvgIpc) is 2.73. The molecule has 1 aromatic heterocycles. The number of nitrogens with zero attached hydrogens (tertiary/aromatic N) is 1. The van der Waals surface area contributed by atoms with Gasteiger partial charge in [0.05, 0.1) is 12.6 Å². The normalized spacial score (nSPS) is 12.5. The Bertz CT molecular complexity index is 387. The molecule has 102 valence electrons. The van der Waals surface area contributed by atoms with Gasteiger partial charge in [0.2, 0.25) is 0 Å². The second kappa shape index (κ2) is 9.02. The van der Waals surface area contributed by atoms with Crippen LogP contribution < -0.4 is 10.6 Å². The number of furan rings is 1. The molecular weight excluding hydrogens is 341 g/mol. The molecule has 0 saturated carbocycles. The lowest BCUT2D eigenvalue weighted by atomic mass is 10.2. The fourth-order valence-electron chi connectivity index (χ4n) is 1.44. The first kappa shape index (κ1) is 17.0. The minimum atomic E-state index is 0. The molecule has 4 nitrogen and oxygen atoms in total. The quantitative estimate of drug-likeness (QED) is 0.366.